The van der Waals surface area contributed by atoms with Crippen molar-refractivity contribution in [2.24, 2.45) is 9.98 Å². The first kappa shape index (κ1) is 33.9. The number of benzene rings is 3. The van der Waals surface area contributed by atoms with Crippen LogP contribution in [0.1, 0.15) is 50.7 Å². The fourth-order valence-corrected chi connectivity index (χ4v) is 6.05. The predicted octanol–water partition coefficient (Wildman–Crippen LogP) is 8.05. The number of nitrogens with zero attached hydrogens (tertiary/aromatic N) is 7. The second kappa shape index (κ2) is 16.4. The molecule has 7 heteroatoms. The van der Waals surface area contributed by atoms with Gasteiger partial charge in [-0.2, -0.15) is 0 Å². The molecule has 0 bridgehead atoms. The largest absolute Gasteiger partial charge is 0.306 e. The number of hydrogen-bond donors (Lipinski definition) is 0. The predicted molar refractivity (Wildman–Crippen MR) is 199 cm³/mol. The van der Waals surface area contributed by atoms with E-state index in [0.717, 1.165) is 83.4 Å². The lowest BCUT2D eigenvalue weighted by Gasteiger charge is -2.21. The van der Waals surface area contributed by atoms with Crippen LogP contribution < -0.4 is 0 Å². The van der Waals surface area contributed by atoms with Gasteiger partial charge in [0.1, 0.15) is 5.65 Å². The van der Waals surface area contributed by atoms with Gasteiger partial charge in [-0.3, -0.25) is 9.98 Å². The zero-order valence-electron chi connectivity index (χ0n) is 28.8. The van der Waals surface area contributed by atoms with Crippen LogP contribution in [-0.2, 0) is 0 Å². The summed E-state index contributed by atoms with van der Waals surface area (Å²) >= 11 is 0. The normalized spacial score (nSPS) is 13.4. The van der Waals surface area contributed by atoms with E-state index in [1.54, 1.807) is 0 Å². The minimum Gasteiger partial charge on any atom is -0.306 e. The van der Waals surface area contributed by atoms with Crippen molar-refractivity contribution in [1.82, 2.24) is 24.3 Å². The molecule has 47 heavy (non-hydrogen) atoms. The third kappa shape index (κ3) is 8.67. The van der Waals surface area contributed by atoms with Crippen LogP contribution in [0.3, 0.4) is 0 Å². The van der Waals surface area contributed by atoms with Gasteiger partial charge in [0.2, 0.25) is 0 Å². The summed E-state index contributed by atoms with van der Waals surface area (Å²) in [5.74, 6) is 0.698. The Morgan fingerprint density at radius 2 is 1.21 bits per heavy atom. The Labute approximate surface area is 280 Å². The summed E-state index contributed by atoms with van der Waals surface area (Å²) in [6, 6.07) is 30.5. The van der Waals surface area contributed by atoms with E-state index in [-0.39, 0.29) is 0 Å². The lowest BCUT2D eigenvalue weighted by atomic mass is 10.1. The molecule has 2 atom stereocenters. The van der Waals surface area contributed by atoms with Crippen LogP contribution in [0.15, 0.2) is 101 Å². The van der Waals surface area contributed by atoms with Crippen molar-refractivity contribution in [2.45, 2.75) is 51.6 Å². The molecule has 0 spiro atoms. The van der Waals surface area contributed by atoms with Crippen molar-refractivity contribution in [3.8, 4) is 28.3 Å². The Bertz CT molecular complexity index is 1750. The van der Waals surface area contributed by atoms with Crippen molar-refractivity contribution in [1.29, 1.82) is 0 Å². The Morgan fingerprint density at radius 1 is 0.660 bits per heavy atom. The average Bonchev–Trinajstić information content (AvgIpc) is 3.52. The van der Waals surface area contributed by atoms with Crippen LogP contribution in [0.25, 0.3) is 39.4 Å². The molecule has 0 N–H and O–H groups in total. The summed E-state index contributed by atoms with van der Waals surface area (Å²) in [5, 5.41) is 1.02. The molecule has 0 aliphatic heterocycles. The van der Waals surface area contributed by atoms with Gasteiger partial charge >= 0.3 is 0 Å². The van der Waals surface area contributed by atoms with Gasteiger partial charge in [0, 0.05) is 66.0 Å². The zero-order valence-corrected chi connectivity index (χ0v) is 28.8. The monoisotopic (exact) mass is 627 g/mol. The van der Waals surface area contributed by atoms with E-state index in [2.05, 4.69) is 141 Å². The van der Waals surface area contributed by atoms with Gasteiger partial charge in [-0.15, -0.1) is 0 Å². The van der Waals surface area contributed by atoms with Crippen molar-refractivity contribution in [2.75, 3.05) is 41.3 Å². The Morgan fingerprint density at radius 3 is 1.74 bits per heavy atom. The SMILES string of the molecule is CCC(CCN=Cc1ccc(-c2nc(-c3ccccc3)c3ccn(-c4ccc(C=NCCC(CC)N(C)C)cc4)c3n2)cc1)N(C)C. The highest BCUT2D eigenvalue weighted by Crippen LogP contribution is 2.31. The minimum absolute atomic E-state index is 0.558. The smallest absolute Gasteiger partial charge is 0.162 e. The first-order valence-electron chi connectivity index (χ1n) is 16.9. The molecule has 2 heterocycles. The van der Waals surface area contributed by atoms with Gasteiger partial charge in [0.15, 0.2) is 5.82 Å². The van der Waals surface area contributed by atoms with E-state index in [1.165, 1.54) is 0 Å². The third-order valence-corrected chi connectivity index (χ3v) is 9.00. The molecule has 2 unspecified atom stereocenters. The molecule has 244 valence electrons. The van der Waals surface area contributed by atoms with Gasteiger partial charge in [0.05, 0.1) is 5.69 Å². The molecule has 7 nitrogen and oxygen atoms in total. The highest BCUT2D eigenvalue weighted by atomic mass is 15.1. The van der Waals surface area contributed by atoms with Crippen molar-refractivity contribution in [3.63, 3.8) is 0 Å². The highest BCUT2D eigenvalue weighted by molar-refractivity contribution is 5.93. The molecule has 3 aromatic carbocycles. The summed E-state index contributed by atoms with van der Waals surface area (Å²) in [5.41, 5.74) is 7.05. The van der Waals surface area contributed by atoms with Crippen LogP contribution in [0, 0.1) is 0 Å². The number of hydrogen-bond acceptors (Lipinski definition) is 6. The van der Waals surface area contributed by atoms with Gasteiger partial charge < -0.3 is 14.4 Å². The molecule has 0 saturated carbocycles. The molecule has 0 radical (unpaired) electrons. The zero-order chi connectivity index (χ0) is 33.2. The summed E-state index contributed by atoms with van der Waals surface area (Å²) in [6.45, 7) is 6.11. The number of fused-ring (bicyclic) bond motifs is 1. The molecular formula is C40H49N7. The van der Waals surface area contributed by atoms with E-state index in [0.29, 0.717) is 17.9 Å². The number of aliphatic imine (C=N–C) groups is 2. The van der Waals surface area contributed by atoms with Crippen LogP contribution in [0.2, 0.25) is 0 Å². The van der Waals surface area contributed by atoms with Crippen LogP contribution in [0.4, 0.5) is 0 Å². The van der Waals surface area contributed by atoms with Crippen LogP contribution >= 0.6 is 0 Å². The van der Waals surface area contributed by atoms with Gasteiger partial charge in [-0.05, 0) is 83.2 Å². The first-order valence-corrected chi connectivity index (χ1v) is 16.9. The van der Waals surface area contributed by atoms with Crippen molar-refractivity contribution >= 4 is 23.5 Å². The van der Waals surface area contributed by atoms with E-state index >= 15 is 0 Å². The van der Waals surface area contributed by atoms with Gasteiger partial charge in [-0.1, -0.05) is 80.6 Å². The summed E-state index contributed by atoms with van der Waals surface area (Å²) in [7, 11) is 8.55. The van der Waals surface area contributed by atoms with Crippen molar-refractivity contribution in [3.05, 3.63) is 102 Å². The molecule has 5 aromatic rings. The molecule has 5 rings (SSSR count). The van der Waals surface area contributed by atoms with E-state index in [1.807, 2.05) is 18.5 Å². The van der Waals surface area contributed by atoms with Crippen LogP contribution in [-0.4, -0.2) is 90.1 Å². The molecule has 0 saturated heterocycles. The maximum atomic E-state index is 5.12. The molecule has 0 aliphatic rings. The van der Waals surface area contributed by atoms with E-state index < -0.39 is 0 Å². The molecule has 2 aromatic heterocycles. The Balaban J connectivity index is 1.40. The second-order valence-electron chi connectivity index (χ2n) is 12.6. The molecule has 0 fully saturated rings. The third-order valence-electron chi connectivity index (χ3n) is 9.00. The number of aromatic nitrogens is 3. The first-order chi connectivity index (χ1) is 22.9. The van der Waals surface area contributed by atoms with Gasteiger partial charge in [-0.25, -0.2) is 9.97 Å². The Hall–Kier alpha value is -4.46. The van der Waals surface area contributed by atoms with Crippen LogP contribution in [0.5, 0.6) is 0 Å². The molecule has 0 aliphatic carbocycles. The van der Waals surface area contributed by atoms with E-state index in [4.69, 9.17) is 20.0 Å². The quantitative estimate of drug-likeness (QED) is 0.110. The lowest BCUT2D eigenvalue weighted by molar-refractivity contribution is 0.274. The minimum atomic E-state index is 0.558. The van der Waals surface area contributed by atoms with E-state index in [9.17, 15) is 0 Å². The fourth-order valence-electron chi connectivity index (χ4n) is 6.05. The topological polar surface area (TPSA) is 61.9 Å². The Kier molecular flexibility index (Phi) is 11.8. The standard InChI is InChI=1S/C40H49N7/c1-7-34(45(3)4)22-25-41-28-30-14-18-33(19-15-30)39-43-38(32-12-10-9-11-13-32)37-24-27-47(40(37)44-39)36-20-16-31(17-21-36)29-42-26-23-35(8-2)46(5)6/h9-21,24,27-29,34-35H,7-8,22-23,25-26H2,1-6H3. The fraction of sp³-hybridized carbons (Fsp3) is 0.350. The maximum Gasteiger partial charge on any atom is 0.162 e. The number of rotatable bonds is 15. The van der Waals surface area contributed by atoms with Gasteiger partial charge in [0.25, 0.3) is 0 Å². The summed E-state index contributed by atoms with van der Waals surface area (Å²) in [6.07, 6.45) is 10.4. The maximum absolute atomic E-state index is 5.12. The summed E-state index contributed by atoms with van der Waals surface area (Å²) in [4.78, 5) is 24.2. The summed E-state index contributed by atoms with van der Waals surface area (Å²) < 4.78 is 2.15. The van der Waals surface area contributed by atoms with Crippen molar-refractivity contribution < 1.29 is 0 Å². The molecule has 0 amide bonds. The average molecular weight is 628 g/mol. The second-order valence-corrected chi connectivity index (χ2v) is 12.6. The molecular weight excluding hydrogens is 578 g/mol. The highest BCUT2D eigenvalue weighted by Gasteiger charge is 2.16. The lowest BCUT2D eigenvalue weighted by Crippen LogP contribution is -2.27.